The molecule has 5 nitrogen and oxygen atoms in total. The number of hydrogen-bond donors (Lipinski definition) is 1. The molecule has 0 aliphatic rings. The van der Waals surface area contributed by atoms with Crippen molar-refractivity contribution in [1.82, 2.24) is 4.98 Å². The van der Waals surface area contributed by atoms with Crippen LogP contribution in [0, 0.1) is 24.9 Å². The quantitative estimate of drug-likeness (QED) is 0.0393. The van der Waals surface area contributed by atoms with Gasteiger partial charge in [-0.05, 0) is 25.7 Å². The Morgan fingerprint density at radius 1 is 0.938 bits per heavy atom. The minimum atomic E-state index is -2.27. The van der Waals surface area contributed by atoms with E-state index in [-0.39, 0.29) is 43.5 Å². The Morgan fingerprint density at radius 2 is 1.60 bits per heavy atom. The number of hydrogen-bond acceptors (Lipinski definition) is 4. The standard InChI is InChI=1S/C28H23GeN2O.C13H24O2.Ir/c1-29(2,3)23-17-25(31(4)24-15-14-18-9-5-6-10-19(18)26(23)24)22-12-7-11-20-21-13-8-16-30-28(21)32-27(20)22;1-5-10(6-2)12(14)9-13(15)11(7-3)8-4;/h5-11,13-17H,4H2,1-3H3;9-11,14H,5-8H2,1-4H3;/q-1;;/b;12-9-;. The van der Waals surface area contributed by atoms with Gasteiger partial charge in [-0.1, -0.05) is 27.7 Å². The molecule has 253 valence electrons. The Morgan fingerprint density at radius 3 is 2.27 bits per heavy atom. The summed E-state index contributed by atoms with van der Waals surface area (Å²) in [5.41, 5.74) is 4.55. The molecular weight excluding hydrogens is 833 g/mol. The van der Waals surface area contributed by atoms with Crippen molar-refractivity contribution >= 4 is 67.2 Å². The first-order valence-corrected chi connectivity index (χ1v) is 24.2. The van der Waals surface area contributed by atoms with Crippen LogP contribution in [0.25, 0.3) is 55.0 Å². The van der Waals surface area contributed by atoms with E-state index in [2.05, 4.69) is 90.0 Å². The van der Waals surface area contributed by atoms with E-state index in [1.165, 1.54) is 26.6 Å². The molecule has 3 aromatic heterocycles. The molecule has 7 heteroatoms. The summed E-state index contributed by atoms with van der Waals surface area (Å²) in [7, 11) is 4.48. The number of benzene rings is 3. The number of pyridine rings is 2. The number of aliphatic hydroxyl groups is 1. The molecule has 0 aliphatic heterocycles. The van der Waals surface area contributed by atoms with Gasteiger partial charge in [0.2, 0.25) is 0 Å². The maximum absolute atomic E-state index is 11.7. The number of aromatic nitrogens is 2. The van der Waals surface area contributed by atoms with Gasteiger partial charge in [0.25, 0.3) is 0 Å². The van der Waals surface area contributed by atoms with E-state index in [0.29, 0.717) is 5.71 Å². The molecule has 0 atom stereocenters. The summed E-state index contributed by atoms with van der Waals surface area (Å²) >= 11 is -2.27. The predicted octanol–water partition coefficient (Wildman–Crippen LogP) is 10.1. The summed E-state index contributed by atoms with van der Waals surface area (Å²) < 4.78 is 9.74. The summed E-state index contributed by atoms with van der Waals surface area (Å²) in [4.78, 5) is 16.1. The zero-order valence-corrected chi connectivity index (χ0v) is 33.7. The molecule has 48 heavy (non-hydrogen) atoms. The molecular formula is C41H47GeIrN2O3-. The number of ketones is 1. The van der Waals surface area contributed by atoms with Gasteiger partial charge in [0.15, 0.2) is 5.78 Å². The molecule has 0 saturated carbocycles. The van der Waals surface area contributed by atoms with Crippen LogP contribution in [0.1, 0.15) is 53.4 Å². The van der Waals surface area contributed by atoms with Crippen molar-refractivity contribution in [3.8, 4) is 11.3 Å². The third-order valence-electron chi connectivity index (χ3n) is 9.39. The summed E-state index contributed by atoms with van der Waals surface area (Å²) in [5.74, 6) is 7.89. The van der Waals surface area contributed by atoms with Crippen LogP contribution in [0.5, 0.6) is 0 Å². The first-order chi connectivity index (χ1) is 22.5. The molecule has 6 rings (SSSR count). The van der Waals surface area contributed by atoms with Gasteiger partial charge in [-0.2, -0.15) is 0 Å². The third kappa shape index (κ3) is 7.41. The molecule has 3 aromatic carbocycles. The van der Waals surface area contributed by atoms with E-state index in [1.807, 2.05) is 44.4 Å². The molecule has 0 unspecified atom stereocenters. The smallest absolute Gasteiger partial charge is 0 e. The Kier molecular flexibility index (Phi) is 12.3. The third-order valence-corrected chi connectivity index (χ3v) is 13.6. The number of allylic oxidation sites excluding steroid dienone is 2. The van der Waals surface area contributed by atoms with E-state index in [1.54, 1.807) is 6.20 Å². The fourth-order valence-corrected chi connectivity index (χ4v) is 9.85. The van der Waals surface area contributed by atoms with Gasteiger partial charge in [0.1, 0.15) is 0 Å². The average molecular weight is 881 g/mol. The molecule has 6 aromatic rings. The Labute approximate surface area is 301 Å². The monoisotopic (exact) mass is 882 g/mol. The van der Waals surface area contributed by atoms with Crippen LogP contribution in [0.15, 0.2) is 89.2 Å². The van der Waals surface area contributed by atoms with Crippen molar-refractivity contribution < 1.29 is 39.0 Å². The maximum Gasteiger partial charge on any atom is 0 e. The Balaban J connectivity index is 0.000000279. The van der Waals surface area contributed by atoms with Gasteiger partial charge in [-0.15, -0.1) is 0 Å². The van der Waals surface area contributed by atoms with Crippen molar-refractivity contribution in [2.75, 3.05) is 0 Å². The van der Waals surface area contributed by atoms with E-state index >= 15 is 0 Å². The fourth-order valence-electron chi connectivity index (χ4n) is 6.53. The number of carbonyl (C=O) groups is 1. The predicted molar refractivity (Wildman–Crippen MR) is 199 cm³/mol. The molecule has 0 aliphatic carbocycles. The number of furan rings is 1. The van der Waals surface area contributed by atoms with Gasteiger partial charge in [-0.25, -0.2) is 0 Å². The van der Waals surface area contributed by atoms with Crippen LogP contribution in [0.4, 0.5) is 0 Å². The number of nitrogens with zero attached hydrogens (tertiary/aromatic N) is 2. The number of rotatable bonds is 9. The number of aliphatic hydroxyl groups excluding tert-OH is 1. The molecule has 0 fully saturated rings. The minimum absolute atomic E-state index is 0. The molecule has 1 radical (unpaired) electrons. The largest absolute Gasteiger partial charge is 0 e. The Hall–Kier alpha value is -3.45. The van der Waals surface area contributed by atoms with Crippen molar-refractivity contribution in [2.24, 2.45) is 11.8 Å². The van der Waals surface area contributed by atoms with Gasteiger partial charge in [0, 0.05) is 38.0 Å². The van der Waals surface area contributed by atoms with Crippen LogP contribution in [0.2, 0.25) is 17.3 Å². The van der Waals surface area contributed by atoms with Gasteiger partial charge in [0.05, 0.1) is 5.76 Å². The molecule has 3 heterocycles. The second kappa shape index (κ2) is 15.8. The van der Waals surface area contributed by atoms with Gasteiger partial charge < -0.3 is 5.11 Å². The average Bonchev–Trinajstić information content (AvgIpc) is 3.45. The van der Waals surface area contributed by atoms with Crippen LogP contribution in [-0.4, -0.2) is 29.1 Å². The number of fused-ring (bicyclic) bond motifs is 6. The van der Waals surface area contributed by atoms with E-state index in [0.717, 1.165) is 58.8 Å². The van der Waals surface area contributed by atoms with Crippen LogP contribution >= 0.6 is 0 Å². The number of carbonyl (C=O) groups excluding carboxylic acids is 1. The zero-order valence-electron chi connectivity index (χ0n) is 29.2. The summed E-state index contributed by atoms with van der Waals surface area (Å²) in [6, 6.07) is 26.8. The zero-order chi connectivity index (χ0) is 33.9. The normalized spacial score (nSPS) is 12.1. The molecule has 0 amide bonds. The molecule has 0 bridgehead atoms. The maximum atomic E-state index is 11.7. The van der Waals surface area contributed by atoms with Crippen LogP contribution in [-0.2, 0) is 24.9 Å². The van der Waals surface area contributed by atoms with Crippen molar-refractivity contribution in [1.29, 1.82) is 0 Å². The van der Waals surface area contributed by atoms with E-state index in [9.17, 15) is 9.90 Å². The minimum Gasteiger partial charge on any atom is 0 e. The van der Waals surface area contributed by atoms with Crippen molar-refractivity contribution in [3.05, 3.63) is 97.9 Å². The van der Waals surface area contributed by atoms with Crippen LogP contribution < -0.4 is 8.96 Å². The summed E-state index contributed by atoms with van der Waals surface area (Å²) in [6.45, 7) is 8.07. The van der Waals surface area contributed by atoms with Crippen LogP contribution in [0.3, 0.4) is 0 Å². The Bertz CT molecular complexity index is 2090. The fraction of sp³-hybridized carbons (Fsp3) is 0.317. The molecule has 0 saturated heterocycles. The summed E-state index contributed by atoms with van der Waals surface area (Å²) in [6.07, 6.45) is 6.67. The second-order valence-corrected chi connectivity index (χ2v) is 23.9. The van der Waals surface area contributed by atoms with E-state index in [4.69, 9.17) is 4.42 Å². The van der Waals surface area contributed by atoms with E-state index < -0.39 is 13.3 Å². The van der Waals surface area contributed by atoms with Crippen molar-refractivity contribution in [2.45, 2.75) is 70.6 Å². The summed E-state index contributed by atoms with van der Waals surface area (Å²) in [5, 5.41) is 15.7. The molecule has 0 spiro atoms. The topological polar surface area (TPSA) is 67.2 Å². The SMILES string of the molecule is CCC(CC)C(=O)/C=C(\O)C(CC)CC.[CH2-][n+]1c(-c2[c-]ccc3c2oc2ncccc23)c[c]([Ge]([CH3])([CH3])[CH3])c2c3ccccc3ccc21.[Ir]. The van der Waals surface area contributed by atoms with Crippen molar-refractivity contribution in [3.63, 3.8) is 0 Å². The second-order valence-electron chi connectivity index (χ2n) is 13.4. The van der Waals surface area contributed by atoms with Gasteiger partial charge >= 0.3 is 190 Å². The first-order valence-electron chi connectivity index (χ1n) is 16.9. The first kappa shape index (κ1) is 37.4. The molecule has 1 N–H and O–H groups in total. The van der Waals surface area contributed by atoms with Gasteiger partial charge in [-0.3, -0.25) is 4.79 Å².